The molecule has 0 aromatic heterocycles. The Morgan fingerprint density at radius 3 is 2.63 bits per heavy atom. The van der Waals surface area contributed by atoms with Crippen molar-refractivity contribution in [1.29, 1.82) is 0 Å². The van der Waals surface area contributed by atoms with Crippen LogP contribution < -0.4 is 5.32 Å². The maximum absolute atomic E-state index is 11.6. The van der Waals surface area contributed by atoms with Crippen molar-refractivity contribution in [2.75, 3.05) is 12.4 Å². The molecule has 1 N–H and O–H groups in total. The number of carbonyl (C=O) groups excluding carboxylic acids is 1. The van der Waals surface area contributed by atoms with E-state index in [9.17, 15) is 4.79 Å². The van der Waals surface area contributed by atoms with Crippen LogP contribution in [0, 0.1) is 0 Å². The average molecular weight is 322 g/mol. The van der Waals surface area contributed by atoms with Gasteiger partial charge in [0.2, 0.25) is 0 Å². The summed E-state index contributed by atoms with van der Waals surface area (Å²) < 4.78 is 5.83. The lowest BCUT2D eigenvalue weighted by atomic mass is 10.1. The van der Waals surface area contributed by atoms with Gasteiger partial charge in [-0.1, -0.05) is 35.0 Å². The maximum atomic E-state index is 11.6. The van der Waals surface area contributed by atoms with Crippen molar-refractivity contribution in [2.24, 2.45) is 0 Å². The molecular formula is C15H16BrNO2. The van der Waals surface area contributed by atoms with Crippen LogP contribution in [0.1, 0.15) is 13.3 Å². The van der Waals surface area contributed by atoms with Gasteiger partial charge in [-0.25, -0.2) is 4.79 Å². The zero-order chi connectivity index (χ0) is 13.8. The van der Waals surface area contributed by atoms with Gasteiger partial charge in [-0.3, -0.25) is 0 Å². The maximum Gasteiger partial charge on any atom is 0.328 e. The van der Waals surface area contributed by atoms with Crippen LogP contribution in [0.3, 0.4) is 0 Å². The van der Waals surface area contributed by atoms with E-state index >= 15 is 0 Å². The second-order valence-electron chi connectivity index (χ2n) is 4.33. The largest absolute Gasteiger partial charge is 0.467 e. The van der Waals surface area contributed by atoms with Crippen LogP contribution >= 0.6 is 15.9 Å². The Labute approximate surface area is 121 Å². The fraction of sp³-hybridized carbons (Fsp3) is 0.267. The van der Waals surface area contributed by atoms with Gasteiger partial charge in [-0.05, 0) is 41.5 Å². The van der Waals surface area contributed by atoms with Crippen molar-refractivity contribution in [1.82, 2.24) is 0 Å². The summed E-state index contributed by atoms with van der Waals surface area (Å²) in [5.74, 6) is -0.238. The van der Waals surface area contributed by atoms with Gasteiger partial charge in [0.1, 0.15) is 6.04 Å². The number of hydrogen-bond donors (Lipinski definition) is 1. The molecule has 2 aromatic rings. The fourth-order valence-electron chi connectivity index (χ4n) is 1.98. The SMILES string of the molecule is CCC(Nc1ccc2cc(Br)ccc2c1)C(=O)OC. The third-order valence-corrected chi connectivity index (χ3v) is 3.53. The minimum absolute atomic E-state index is 0.238. The number of ether oxygens (including phenoxy) is 1. The van der Waals surface area contributed by atoms with E-state index in [1.54, 1.807) is 0 Å². The molecular weight excluding hydrogens is 306 g/mol. The summed E-state index contributed by atoms with van der Waals surface area (Å²) >= 11 is 3.45. The lowest BCUT2D eigenvalue weighted by Gasteiger charge is -2.16. The van der Waals surface area contributed by atoms with Crippen LogP contribution in [0.2, 0.25) is 0 Å². The molecule has 0 spiro atoms. The normalized spacial score (nSPS) is 12.2. The van der Waals surface area contributed by atoms with Gasteiger partial charge < -0.3 is 10.1 Å². The average Bonchev–Trinajstić information content (AvgIpc) is 2.44. The van der Waals surface area contributed by atoms with E-state index in [4.69, 9.17) is 4.74 Å². The van der Waals surface area contributed by atoms with Crippen molar-refractivity contribution >= 4 is 38.4 Å². The molecule has 19 heavy (non-hydrogen) atoms. The Morgan fingerprint density at radius 1 is 1.26 bits per heavy atom. The highest BCUT2D eigenvalue weighted by Gasteiger charge is 2.16. The predicted molar refractivity (Wildman–Crippen MR) is 81.4 cm³/mol. The molecule has 0 fully saturated rings. The van der Waals surface area contributed by atoms with Gasteiger partial charge >= 0.3 is 5.97 Å². The first kappa shape index (κ1) is 13.9. The van der Waals surface area contributed by atoms with Crippen molar-refractivity contribution in [2.45, 2.75) is 19.4 Å². The second kappa shape index (κ2) is 6.06. The molecule has 3 nitrogen and oxygen atoms in total. The molecule has 1 unspecified atom stereocenters. The van der Waals surface area contributed by atoms with Gasteiger partial charge in [-0.15, -0.1) is 0 Å². The van der Waals surface area contributed by atoms with Gasteiger partial charge in [0.15, 0.2) is 0 Å². The molecule has 4 heteroatoms. The standard InChI is InChI=1S/C15H16BrNO2/c1-3-14(15(18)19-2)17-13-7-5-10-8-12(16)6-4-11(10)9-13/h4-9,14,17H,3H2,1-2H3. The van der Waals surface area contributed by atoms with E-state index < -0.39 is 0 Å². The summed E-state index contributed by atoms with van der Waals surface area (Å²) in [6, 6.07) is 11.8. The Morgan fingerprint density at radius 2 is 1.95 bits per heavy atom. The van der Waals surface area contributed by atoms with Crippen LogP contribution in [0.25, 0.3) is 10.8 Å². The molecule has 0 heterocycles. The topological polar surface area (TPSA) is 38.3 Å². The van der Waals surface area contributed by atoms with Crippen LogP contribution in [-0.4, -0.2) is 19.1 Å². The van der Waals surface area contributed by atoms with E-state index in [2.05, 4.69) is 27.3 Å². The Bertz CT molecular complexity index is 598. The molecule has 2 aromatic carbocycles. The monoisotopic (exact) mass is 321 g/mol. The molecule has 0 aliphatic carbocycles. The summed E-state index contributed by atoms with van der Waals surface area (Å²) in [4.78, 5) is 11.6. The fourth-order valence-corrected chi connectivity index (χ4v) is 2.36. The number of esters is 1. The van der Waals surface area contributed by atoms with E-state index in [0.29, 0.717) is 6.42 Å². The lowest BCUT2D eigenvalue weighted by molar-refractivity contribution is -0.141. The van der Waals surface area contributed by atoms with Crippen LogP contribution in [0.15, 0.2) is 40.9 Å². The zero-order valence-corrected chi connectivity index (χ0v) is 12.5. The minimum atomic E-state index is -0.308. The Balaban J connectivity index is 2.26. The minimum Gasteiger partial charge on any atom is -0.467 e. The molecule has 0 saturated carbocycles. The summed E-state index contributed by atoms with van der Waals surface area (Å²) in [7, 11) is 1.41. The molecule has 0 amide bonds. The summed E-state index contributed by atoms with van der Waals surface area (Å²) in [6.07, 6.45) is 0.686. The van der Waals surface area contributed by atoms with E-state index in [0.717, 1.165) is 20.9 Å². The van der Waals surface area contributed by atoms with Crippen molar-refractivity contribution in [3.63, 3.8) is 0 Å². The number of rotatable bonds is 4. The molecule has 2 rings (SSSR count). The highest BCUT2D eigenvalue weighted by molar-refractivity contribution is 9.10. The van der Waals surface area contributed by atoms with Crippen LogP contribution in [0.5, 0.6) is 0 Å². The summed E-state index contributed by atoms with van der Waals surface area (Å²) in [5.41, 5.74) is 0.923. The van der Waals surface area contributed by atoms with Crippen molar-refractivity contribution in [3.05, 3.63) is 40.9 Å². The molecule has 0 saturated heterocycles. The zero-order valence-electron chi connectivity index (χ0n) is 10.9. The number of fused-ring (bicyclic) bond motifs is 1. The number of hydrogen-bond acceptors (Lipinski definition) is 3. The number of carbonyl (C=O) groups is 1. The van der Waals surface area contributed by atoms with E-state index in [-0.39, 0.29) is 12.0 Å². The first-order valence-electron chi connectivity index (χ1n) is 6.17. The Hall–Kier alpha value is -1.55. The van der Waals surface area contributed by atoms with E-state index in [1.165, 1.54) is 7.11 Å². The quantitative estimate of drug-likeness (QED) is 0.866. The predicted octanol–water partition coefficient (Wildman–Crippen LogP) is 3.97. The van der Waals surface area contributed by atoms with Crippen LogP contribution in [-0.2, 0) is 9.53 Å². The number of anilines is 1. The molecule has 100 valence electrons. The first-order valence-corrected chi connectivity index (χ1v) is 6.97. The molecule has 0 bridgehead atoms. The number of benzene rings is 2. The van der Waals surface area contributed by atoms with Gasteiger partial charge in [0.05, 0.1) is 7.11 Å². The van der Waals surface area contributed by atoms with Crippen molar-refractivity contribution < 1.29 is 9.53 Å². The second-order valence-corrected chi connectivity index (χ2v) is 5.25. The Kier molecular flexibility index (Phi) is 4.43. The van der Waals surface area contributed by atoms with E-state index in [1.807, 2.05) is 37.3 Å². The third kappa shape index (κ3) is 3.26. The third-order valence-electron chi connectivity index (χ3n) is 3.04. The molecule has 0 radical (unpaired) electrons. The number of halogens is 1. The summed E-state index contributed by atoms with van der Waals surface area (Å²) in [6.45, 7) is 1.95. The van der Waals surface area contributed by atoms with Gasteiger partial charge in [0, 0.05) is 10.2 Å². The lowest BCUT2D eigenvalue weighted by Crippen LogP contribution is -2.29. The van der Waals surface area contributed by atoms with Crippen LogP contribution in [0.4, 0.5) is 5.69 Å². The molecule has 0 aliphatic heterocycles. The van der Waals surface area contributed by atoms with Crippen molar-refractivity contribution in [3.8, 4) is 0 Å². The highest BCUT2D eigenvalue weighted by atomic mass is 79.9. The van der Waals surface area contributed by atoms with Gasteiger partial charge in [-0.2, -0.15) is 0 Å². The number of nitrogens with one attached hydrogen (secondary N) is 1. The molecule has 1 atom stereocenters. The summed E-state index contributed by atoms with van der Waals surface area (Å²) in [5, 5.41) is 5.49. The smallest absolute Gasteiger partial charge is 0.328 e. The number of methoxy groups -OCH3 is 1. The van der Waals surface area contributed by atoms with Gasteiger partial charge in [0.25, 0.3) is 0 Å². The first-order chi connectivity index (χ1) is 9.13. The molecule has 0 aliphatic rings. The highest BCUT2D eigenvalue weighted by Crippen LogP contribution is 2.23.